The average molecular weight is 299 g/mol. The number of barbiturate groups is 1. The molecular weight excluding hydrogens is 291 g/mol. The van der Waals surface area contributed by atoms with Crippen LogP contribution in [0.3, 0.4) is 0 Å². The first-order valence-electron chi connectivity index (χ1n) is 5.22. The fourth-order valence-corrected chi connectivity index (χ4v) is 2.03. The number of imide groups is 2. The summed E-state index contributed by atoms with van der Waals surface area (Å²) in [5, 5.41) is 4.80. The van der Waals surface area contributed by atoms with E-state index in [1.165, 1.54) is 6.08 Å². The summed E-state index contributed by atoms with van der Waals surface area (Å²) in [6, 6.07) is 2.31. The maximum absolute atomic E-state index is 11.5. The molecule has 0 radical (unpaired) electrons. The Morgan fingerprint density at radius 2 is 1.47 bits per heavy atom. The van der Waals surface area contributed by atoms with Crippen molar-refractivity contribution in [3.05, 3.63) is 38.9 Å². The molecule has 0 aromatic heterocycles. The third-order valence-electron chi connectivity index (χ3n) is 2.56. The molecule has 1 aromatic rings. The Hall–Kier alpha value is -1.85. The van der Waals surface area contributed by atoms with Crippen LogP contribution in [0.5, 0.6) is 0 Å². The highest BCUT2D eigenvalue weighted by Crippen LogP contribution is 2.26. The lowest BCUT2D eigenvalue weighted by atomic mass is 10.1. The van der Waals surface area contributed by atoms with Gasteiger partial charge in [0, 0.05) is 10.0 Å². The van der Waals surface area contributed by atoms with Crippen LogP contribution in [-0.2, 0) is 9.59 Å². The summed E-state index contributed by atoms with van der Waals surface area (Å²) in [5.74, 6) is -1.52. The first-order valence-corrected chi connectivity index (χ1v) is 5.98. The van der Waals surface area contributed by atoms with Gasteiger partial charge in [-0.1, -0.05) is 23.2 Å². The molecule has 2 N–H and O–H groups in total. The fourth-order valence-electron chi connectivity index (χ4n) is 1.52. The van der Waals surface area contributed by atoms with Crippen LogP contribution in [-0.4, -0.2) is 17.8 Å². The lowest BCUT2D eigenvalue weighted by Gasteiger charge is -2.14. The number of carbonyl (C=O) groups excluding carboxylic acids is 3. The van der Waals surface area contributed by atoms with Gasteiger partial charge < -0.3 is 0 Å². The number of rotatable bonds is 1. The van der Waals surface area contributed by atoms with E-state index in [9.17, 15) is 14.4 Å². The second kappa shape index (κ2) is 5.03. The smallest absolute Gasteiger partial charge is 0.273 e. The first-order chi connectivity index (χ1) is 8.88. The van der Waals surface area contributed by atoms with Crippen molar-refractivity contribution in [1.29, 1.82) is 0 Å². The van der Waals surface area contributed by atoms with Crippen LogP contribution in [0.1, 0.15) is 11.1 Å². The highest BCUT2D eigenvalue weighted by molar-refractivity contribution is 6.36. The Kier molecular flexibility index (Phi) is 3.59. The number of halogens is 2. The van der Waals surface area contributed by atoms with Crippen LogP contribution in [0.15, 0.2) is 17.7 Å². The van der Waals surface area contributed by atoms with Crippen molar-refractivity contribution in [2.24, 2.45) is 0 Å². The molecule has 2 rings (SSSR count). The van der Waals surface area contributed by atoms with Crippen molar-refractivity contribution in [3.8, 4) is 0 Å². The molecule has 0 atom stereocenters. The lowest BCUT2D eigenvalue weighted by molar-refractivity contribution is -0.123. The predicted octanol–water partition coefficient (Wildman–Crippen LogP) is 2.05. The van der Waals surface area contributed by atoms with Gasteiger partial charge in [-0.05, 0) is 36.3 Å². The summed E-state index contributed by atoms with van der Waals surface area (Å²) >= 11 is 11.9. The molecule has 0 unspecified atom stereocenters. The molecule has 0 saturated carbocycles. The number of nitrogens with one attached hydrogen (secondary N) is 2. The number of amides is 4. The van der Waals surface area contributed by atoms with Crippen LogP contribution >= 0.6 is 23.2 Å². The highest BCUT2D eigenvalue weighted by atomic mass is 35.5. The standard InChI is InChI=1S/C12H8Cl2N2O3/c1-5-8(13)3-6(4-9(5)14)2-7-10(17)15-12(19)16-11(7)18/h2-4H,1H3,(H2,15,16,17,18,19). The zero-order chi connectivity index (χ0) is 14.2. The van der Waals surface area contributed by atoms with Gasteiger partial charge in [-0.15, -0.1) is 0 Å². The molecule has 1 aromatic carbocycles. The van der Waals surface area contributed by atoms with E-state index in [1.807, 2.05) is 10.6 Å². The Morgan fingerprint density at radius 3 is 1.95 bits per heavy atom. The maximum atomic E-state index is 11.5. The minimum absolute atomic E-state index is 0.185. The second-order valence-corrected chi connectivity index (χ2v) is 4.72. The van der Waals surface area contributed by atoms with Crippen LogP contribution in [0, 0.1) is 6.92 Å². The Balaban J connectivity index is 2.43. The number of benzene rings is 1. The van der Waals surface area contributed by atoms with E-state index < -0.39 is 17.8 Å². The molecule has 5 nitrogen and oxygen atoms in total. The van der Waals surface area contributed by atoms with E-state index in [2.05, 4.69) is 0 Å². The number of carbonyl (C=O) groups is 3. The van der Waals surface area contributed by atoms with Crippen molar-refractivity contribution >= 4 is 47.1 Å². The minimum atomic E-state index is -0.841. The predicted molar refractivity (Wildman–Crippen MR) is 70.9 cm³/mol. The summed E-state index contributed by atoms with van der Waals surface area (Å²) in [7, 11) is 0. The zero-order valence-corrected chi connectivity index (χ0v) is 11.2. The van der Waals surface area contributed by atoms with Gasteiger partial charge in [0.1, 0.15) is 5.57 Å². The van der Waals surface area contributed by atoms with Gasteiger partial charge in [0.25, 0.3) is 11.8 Å². The second-order valence-electron chi connectivity index (χ2n) is 3.90. The molecule has 4 amide bonds. The monoisotopic (exact) mass is 298 g/mol. The summed E-state index contributed by atoms with van der Waals surface area (Å²) in [6.45, 7) is 1.75. The molecule has 0 bridgehead atoms. The number of hydrogen-bond donors (Lipinski definition) is 2. The van der Waals surface area contributed by atoms with Crippen LogP contribution in [0.25, 0.3) is 6.08 Å². The third kappa shape index (κ3) is 2.77. The molecule has 1 aliphatic rings. The SMILES string of the molecule is Cc1c(Cl)cc(C=C2C(=O)NC(=O)NC2=O)cc1Cl. The van der Waals surface area contributed by atoms with Crippen molar-refractivity contribution in [2.75, 3.05) is 0 Å². The number of hydrogen-bond acceptors (Lipinski definition) is 3. The maximum Gasteiger partial charge on any atom is 0.328 e. The molecule has 19 heavy (non-hydrogen) atoms. The zero-order valence-electron chi connectivity index (χ0n) is 9.71. The largest absolute Gasteiger partial charge is 0.328 e. The van der Waals surface area contributed by atoms with E-state index in [4.69, 9.17) is 23.2 Å². The molecular formula is C12H8Cl2N2O3. The number of urea groups is 1. The summed E-state index contributed by atoms with van der Waals surface area (Å²) < 4.78 is 0. The van der Waals surface area contributed by atoms with Gasteiger partial charge in [0.2, 0.25) is 0 Å². The van der Waals surface area contributed by atoms with Crippen molar-refractivity contribution < 1.29 is 14.4 Å². The van der Waals surface area contributed by atoms with Crippen LogP contribution in [0.2, 0.25) is 10.0 Å². The molecule has 1 heterocycles. The third-order valence-corrected chi connectivity index (χ3v) is 3.34. The molecule has 1 aliphatic heterocycles. The van der Waals surface area contributed by atoms with Gasteiger partial charge in [-0.2, -0.15) is 0 Å². The van der Waals surface area contributed by atoms with Gasteiger partial charge in [0.05, 0.1) is 0 Å². The summed E-state index contributed by atoms with van der Waals surface area (Å²) in [6.07, 6.45) is 1.31. The summed E-state index contributed by atoms with van der Waals surface area (Å²) in [5.41, 5.74) is 1.02. The quantitative estimate of drug-likeness (QED) is 0.615. The van der Waals surface area contributed by atoms with E-state index in [1.54, 1.807) is 19.1 Å². The van der Waals surface area contributed by atoms with E-state index in [-0.39, 0.29) is 5.57 Å². The first kappa shape index (κ1) is 13.6. The van der Waals surface area contributed by atoms with Crippen molar-refractivity contribution in [2.45, 2.75) is 6.92 Å². The molecule has 0 aliphatic carbocycles. The highest BCUT2D eigenvalue weighted by Gasteiger charge is 2.27. The molecule has 98 valence electrons. The summed E-state index contributed by atoms with van der Waals surface area (Å²) in [4.78, 5) is 34.0. The van der Waals surface area contributed by atoms with E-state index in [0.717, 1.165) is 0 Å². The van der Waals surface area contributed by atoms with Gasteiger partial charge in [0.15, 0.2) is 0 Å². The van der Waals surface area contributed by atoms with Gasteiger partial charge in [-0.25, -0.2) is 4.79 Å². The minimum Gasteiger partial charge on any atom is -0.273 e. The van der Waals surface area contributed by atoms with E-state index in [0.29, 0.717) is 21.2 Å². The topological polar surface area (TPSA) is 75.3 Å². The average Bonchev–Trinajstić information content (AvgIpc) is 2.30. The fraction of sp³-hybridized carbons (Fsp3) is 0.0833. The van der Waals surface area contributed by atoms with Crippen LogP contribution < -0.4 is 10.6 Å². The van der Waals surface area contributed by atoms with E-state index >= 15 is 0 Å². The Bertz CT molecular complexity index is 593. The Labute approximate surface area is 118 Å². The molecule has 1 saturated heterocycles. The molecule has 7 heteroatoms. The normalized spacial score (nSPS) is 15.1. The van der Waals surface area contributed by atoms with Crippen molar-refractivity contribution in [3.63, 3.8) is 0 Å². The molecule has 1 fully saturated rings. The van der Waals surface area contributed by atoms with Crippen LogP contribution in [0.4, 0.5) is 4.79 Å². The van der Waals surface area contributed by atoms with Crippen molar-refractivity contribution in [1.82, 2.24) is 10.6 Å². The Morgan fingerprint density at radius 1 is 1.00 bits per heavy atom. The van der Waals surface area contributed by atoms with Gasteiger partial charge >= 0.3 is 6.03 Å². The lowest BCUT2D eigenvalue weighted by Crippen LogP contribution is -2.51. The molecule has 0 spiro atoms. The van der Waals surface area contributed by atoms with Gasteiger partial charge in [-0.3, -0.25) is 20.2 Å².